The van der Waals surface area contributed by atoms with Gasteiger partial charge in [0.2, 0.25) is 5.95 Å². The number of nitrogens with two attached hydrogens (primary N) is 1. The normalized spacial score (nSPS) is 11.9. The second-order valence-corrected chi connectivity index (χ2v) is 8.12. The minimum Gasteiger partial charge on any atom is -0.481 e. The fourth-order valence-electron chi connectivity index (χ4n) is 3.77. The van der Waals surface area contributed by atoms with E-state index < -0.39 is 36.1 Å². The number of rotatable bonds is 12. The molecule has 0 spiro atoms. The highest BCUT2D eigenvalue weighted by Gasteiger charge is 2.23. The van der Waals surface area contributed by atoms with Crippen LogP contribution in [0.4, 0.5) is 10.3 Å². The van der Waals surface area contributed by atoms with Gasteiger partial charge in [0.1, 0.15) is 17.4 Å². The number of carbonyl (C=O) groups excluding carboxylic acids is 1. The minimum absolute atomic E-state index is 0.0656. The number of carboxylic acid groups (broad SMARTS) is 2. The van der Waals surface area contributed by atoms with E-state index in [2.05, 4.69) is 15.3 Å². The van der Waals surface area contributed by atoms with Crippen molar-refractivity contribution in [1.29, 1.82) is 0 Å². The molecule has 2 aromatic heterocycles. The highest BCUT2D eigenvalue weighted by molar-refractivity contribution is 5.97. The Hall–Kier alpha value is -4.22. The van der Waals surface area contributed by atoms with Gasteiger partial charge in [0.15, 0.2) is 0 Å². The maximum atomic E-state index is 14.5. The van der Waals surface area contributed by atoms with E-state index in [9.17, 15) is 23.6 Å². The lowest BCUT2D eigenvalue weighted by Crippen LogP contribution is -2.41. The number of aliphatic carboxylic acids is 2. The summed E-state index contributed by atoms with van der Waals surface area (Å²) in [7, 11) is 0. The molecule has 0 bridgehead atoms. The maximum absolute atomic E-state index is 14.5. The van der Waals surface area contributed by atoms with Crippen molar-refractivity contribution in [3.05, 3.63) is 57.8 Å². The first-order chi connectivity index (χ1) is 16.7. The quantitative estimate of drug-likeness (QED) is 0.240. The summed E-state index contributed by atoms with van der Waals surface area (Å²) >= 11 is 0. The van der Waals surface area contributed by atoms with Crippen molar-refractivity contribution >= 4 is 34.8 Å². The number of hydrogen-bond donors (Lipinski definition) is 5. The minimum atomic E-state index is -1.43. The van der Waals surface area contributed by atoms with Crippen LogP contribution in [0.25, 0.3) is 11.0 Å². The van der Waals surface area contributed by atoms with Crippen LogP contribution in [-0.2, 0) is 22.6 Å². The topological polar surface area (TPSA) is 180 Å². The third kappa shape index (κ3) is 6.65. The van der Waals surface area contributed by atoms with Crippen molar-refractivity contribution in [2.45, 2.75) is 51.1 Å². The standard InChI is InChI=1S/C23H26FN5O6/c24-15-12-13(5-6-14(15)20(32)26-17(22(34)35)7-8-18(30)31)4-2-1-3-10-29-11-9-16-19(29)21(33)28-23(25)27-16/h5-6,9,11-12,17H,1-4,7-8,10H2,(H,26,32)(H,30,31)(H,34,35)(H3,25,27,28,33). The van der Waals surface area contributed by atoms with E-state index in [-0.39, 0.29) is 23.5 Å². The number of nitrogens with one attached hydrogen (secondary N) is 2. The SMILES string of the molecule is Nc1nc2ccn(CCCCCc3ccc(C(=O)NC(CCC(=O)O)C(=O)O)c(F)c3)c2c(=O)[nH]1. The van der Waals surface area contributed by atoms with Gasteiger partial charge in [-0.2, -0.15) is 0 Å². The van der Waals surface area contributed by atoms with Crippen molar-refractivity contribution < 1.29 is 29.0 Å². The van der Waals surface area contributed by atoms with Crippen molar-refractivity contribution in [1.82, 2.24) is 19.9 Å². The molecule has 11 nitrogen and oxygen atoms in total. The van der Waals surface area contributed by atoms with E-state index >= 15 is 0 Å². The Kier molecular flexibility index (Phi) is 8.18. The number of benzene rings is 1. The Labute approximate surface area is 198 Å². The van der Waals surface area contributed by atoms with Crippen molar-refractivity contribution in [2.75, 3.05) is 5.73 Å². The zero-order chi connectivity index (χ0) is 25.5. The average Bonchev–Trinajstić information content (AvgIpc) is 3.19. The molecular weight excluding hydrogens is 461 g/mol. The summed E-state index contributed by atoms with van der Waals surface area (Å²) < 4.78 is 16.3. The lowest BCUT2D eigenvalue weighted by atomic mass is 10.0. The zero-order valence-electron chi connectivity index (χ0n) is 18.8. The Bertz CT molecular complexity index is 1300. The predicted molar refractivity (Wildman–Crippen MR) is 124 cm³/mol. The van der Waals surface area contributed by atoms with Gasteiger partial charge in [-0.25, -0.2) is 14.2 Å². The Morgan fingerprint density at radius 3 is 2.63 bits per heavy atom. The molecule has 1 atom stereocenters. The van der Waals surface area contributed by atoms with Gasteiger partial charge in [0.25, 0.3) is 11.5 Å². The third-order valence-electron chi connectivity index (χ3n) is 5.53. The lowest BCUT2D eigenvalue weighted by molar-refractivity contribution is -0.140. The number of amides is 1. The molecule has 0 aliphatic carbocycles. The van der Waals surface area contributed by atoms with Crippen LogP contribution in [0, 0.1) is 5.82 Å². The number of aryl methyl sites for hydroxylation is 2. The van der Waals surface area contributed by atoms with Gasteiger partial charge in [-0.05, 0) is 49.4 Å². The summed E-state index contributed by atoms with van der Waals surface area (Å²) in [6.07, 6.45) is 3.94. The molecule has 0 fully saturated rings. The molecule has 12 heteroatoms. The number of unbranched alkanes of at least 4 members (excludes halogenated alkanes) is 2. The summed E-state index contributed by atoms with van der Waals surface area (Å²) in [5, 5.41) is 20.0. The number of aromatic amines is 1. The molecule has 1 aromatic carbocycles. The summed E-state index contributed by atoms with van der Waals surface area (Å²) in [6.45, 7) is 0.609. The van der Waals surface area contributed by atoms with Gasteiger partial charge in [0, 0.05) is 19.2 Å². The number of H-pyrrole nitrogens is 1. The molecule has 0 saturated carbocycles. The van der Waals surface area contributed by atoms with Crippen LogP contribution in [0.5, 0.6) is 0 Å². The molecule has 0 saturated heterocycles. The molecule has 35 heavy (non-hydrogen) atoms. The molecule has 0 aliphatic heterocycles. The fourth-order valence-corrected chi connectivity index (χ4v) is 3.77. The highest BCUT2D eigenvalue weighted by Crippen LogP contribution is 2.15. The molecule has 6 N–H and O–H groups in total. The van der Waals surface area contributed by atoms with Crippen molar-refractivity contribution in [3.63, 3.8) is 0 Å². The highest BCUT2D eigenvalue weighted by atomic mass is 19.1. The molecule has 2 heterocycles. The largest absolute Gasteiger partial charge is 0.481 e. The number of nitrogens with zero attached hydrogens (tertiary/aromatic N) is 2. The maximum Gasteiger partial charge on any atom is 0.326 e. The summed E-state index contributed by atoms with van der Waals surface area (Å²) in [4.78, 5) is 52.8. The van der Waals surface area contributed by atoms with E-state index in [0.29, 0.717) is 29.6 Å². The molecule has 3 rings (SSSR count). The van der Waals surface area contributed by atoms with Crippen LogP contribution in [0.2, 0.25) is 0 Å². The van der Waals surface area contributed by atoms with Gasteiger partial charge in [-0.15, -0.1) is 0 Å². The average molecular weight is 487 g/mol. The molecular formula is C23H26FN5O6. The number of fused-ring (bicyclic) bond motifs is 1. The van der Waals surface area contributed by atoms with Gasteiger partial charge >= 0.3 is 11.9 Å². The lowest BCUT2D eigenvalue weighted by Gasteiger charge is -2.14. The molecule has 1 unspecified atom stereocenters. The number of halogens is 1. The predicted octanol–water partition coefficient (Wildman–Crippen LogP) is 1.91. The first kappa shape index (κ1) is 25.4. The zero-order valence-corrected chi connectivity index (χ0v) is 18.8. The van der Waals surface area contributed by atoms with Crippen LogP contribution in [-0.4, -0.2) is 48.6 Å². The number of anilines is 1. The van der Waals surface area contributed by atoms with Gasteiger partial charge in [-0.1, -0.05) is 12.5 Å². The Balaban J connectivity index is 1.50. The summed E-state index contributed by atoms with van der Waals surface area (Å²) in [5.74, 6) is -4.23. The number of hydrogen-bond acceptors (Lipinski definition) is 6. The summed E-state index contributed by atoms with van der Waals surface area (Å²) in [6, 6.07) is 4.41. The number of carbonyl (C=O) groups is 3. The molecule has 0 aliphatic rings. The van der Waals surface area contributed by atoms with E-state index in [0.717, 1.165) is 19.3 Å². The van der Waals surface area contributed by atoms with Gasteiger partial charge in [0.05, 0.1) is 11.1 Å². The molecule has 1 amide bonds. The van der Waals surface area contributed by atoms with E-state index in [1.807, 2.05) is 4.57 Å². The first-order valence-corrected chi connectivity index (χ1v) is 11.0. The van der Waals surface area contributed by atoms with Crippen LogP contribution in [0.15, 0.2) is 35.3 Å². The van der Waals surface area contributed by atoms with Gasteiger partial charge < -0.3 is 25.8 Å². The van der Waals surface area contributed by atoms with Crippen LogP contribution < -0.4 is 16.6 Å². The second kappa shape index (κ2) is 11.3. The number of carboxylic acids is 2. The van der Waals surface area contributed by atoms with Crippen LogP contribution >= 0.6 is 0 Å². The summed E-state index contributed by atoms with van der Waals surface area (Å²) in [5.41, 5.74) is 6.62. The van der Waals surface area contributed by atoms with Crippen LogP contribution in [0.1, 0.15) is 48.0 Å². The van der Waals surface area contributed by atoms with E-state index in [4.69, 9.17) is 15.9 Å². The van der Waals surface area contributed by atoms with Crippen molar-refractivity contribution in [2.24, 2.45) is 0 Å². The van der Waals surface area contributed by atoms with Gasteiger partial charge in [-0.3, -0.25) is 19.4 Å². The van der Waals surface area contributed by atoms with E-state index in [1.165, 1.54) is 12.1 Å². The van der Waals surface area contributed by atoms with Crippen LogP contribution in [0.3, 0.4) is 0 Å². The van der Waals surface area contributed by atoms with E-state index in [1.54, 1.807) is 18.3 Å². The molecule has 0 radical (unpaired) electrons. The number of aromatic nitrogens is 3. The smallest absolute Gasteiger partial charge is 0.326 e. The number of nitrogen functional groups attached to an aromatic ring is 1. The fraction of sp³-hybridized carbons (Fsp3) is 0.348. The first-order valence-electron chi connectivity index (χ1n) is 11.0. The molecule has 186 valence electrons. The second-order valence-electron chi connectivity index (χ2n) is 8.12. The third-order valence-corrected chi connectivity index (χ3v) is 5.53. The molecule has 3 aromatic rings. The Morgan fingerprint density at radius 1 is 1.17 bits per heavy atom. The Morgan fingerprint density at radius 2 is 1.94 bits per heavy atom. The van der Waals surface area contributed by atoms with Crippen molar-refractivity contribution in [3.8, 4) is 0 Å². The monoisotopic (exact) mass is 487 g/mol.